The summed E-state index contributed by atoms with van der Waals surface area (Å²) in [7, 11) is 1.93. The quantitative estimate of drug-likeness (QED) is 0.155. The second kappa shape index (κ2) is 9.69. The molecular weight excluding hydrogens is 716 g/mol. The minimum atomic E-state index is -0.101. The molecule has 1 aromatic heterocycles. The topological polar surface area (TPSA) is 35.0 Å². The first-order chi connectivity index (χ1) is 20.2. The molecule has 0 atom stereocenters. The third-order valence-electron chi connectivity index (χ3n) is 8.10. The number of benzene rings is 5. The molecule has 0 spiro atoms. The Balaban J connectivity index is 0.00000267. The first-order valence-corrected chi connectivity index (χ1v) is 14.4. The van der Waals surface area contributed by atoms with Gasteiger partial charge in [-0.25, -0.2) is 5.10 Å². The van der Waals surface area contributed by atoms with Gasteiger partial charge < -0.3 is 14.7 Å². The van der Waals surface area contributed by atoms with Crippen molar-refractivity contribution >= 4 is 62.7 Å². The van der Waals surface area contributed by atoms with Gasteiger partial charge in [0.1, 0.15) is 0 Å². The van der Waals surface area contributed by atoms with E-state index in [1.54, 1.807) is 16.3 Å². The van der Waals surface area contributed by atoms with Crippen molar-refractivity contribution in [1.29, 1.82) is 0 Å². The number of thiazole rings is 1. The van der Waals surface area contributed by atoms with E-state index in [1.807, 2.05) is 31.0 Å². The molecule has 9 rings (SSSR count). The van der Waals surface area contributed by atoms with Crippen LogP contribution in [0.1, 0.15) is 0 Å². The zero-order valence-corrected chi connectivity index (χ0v) is 25.5. The van der Waals surface area contributed by atoms with Crippen LogP contribution in [0.3, 0.4) is 0 Å². The Bertz CT molecular complexity index is 2020. The molecule has 0 fully saturated rings. The molecule has 42 heavy (non-hydrogen) atoms. The summed E-state index contributed by atoms with van der Waals surface area (Å²) >= 11 is 1.72. The van der Waals surface area contributed by atoms with Gasteiger partial charge in [0.25, 0.3) is 6.85 Å². The smallest absolute Gasteiger partial charge is 0.285 e. The van der Waals surface area contributed by atoms with E-state index in [9.17, 15) is 0 Å². The number of hydrogen-bond donors (Lipinski definition) is 0. The number of anilines is 3. The molecule has 3 aliphatic heterocycles. The standard InChI is InChI=1S/C34H21BN5S.Pt/c1-38-21-39(20-36-38)23-15-17-25-27-9-3-6-12-32(27)40-31-11-5-2-8-26(31)24-16-14-22(18-28(24)35(40)29(25)19-23)34-37-30-10-4-7-13-33(30)41-34;/h2-17,20-21H,1H3;/q-3;. The fourth-order valence-electron chi connectivity index (χ4n) is 6.31. The van der Waals surface area contributed by atoms with Gasteiger partial charge in [-0.2, -0.15) is 28.9 Å². The van der Waals surface area contributed by atoms with Gasteiger partial charge >= 0.3 is 0 Å². The molecule has 0 aliphatic carbocycles. The molecule has 0 saturated heterocycles. The first kappa shape index (κ1) is 25.5. The number of fused-ring (bicyclic) bond motifs is 12. The summed E-state index contributed by atoms with van der Waals surface area (Å²) in [5.74, 6) is 0. The molecule has 4 heterocycles. The second-order valence-electron chi connectivity index (χ2n) is 10.5. The number of hydrazone groups is 1. The Morgan fingerprint density at radius 2 is 1.40 bits per heavy atom. The normalized spacial score (nSPS) is 14.2. The van der Waals surface area contributed by atoms with Crippen LogP contribution in [-0.2, 0) is 21.1 Å². The minimum Gasteiger partial charge on any atom is -0.483 e. The summed E-state index contributed by atoms with van der Waals surface area (Å²) < 4.78 is 1.18. The van der Waals surface area contributed by atoms with E-state index >= 15 is 0 Å². The van der Waals surface area contributed by atoms with E-state index in [2.05, 4.69) is 113 Å². The predicted octanol–water partition coefficient (Wildman–Crippen LogP) is 6.28. The summed E-state index contributed by atoms with van der Waals surface area (Å²) in [6.07, 6.45) is 1.83. The Morgan fingerprint density at radius 1 is 0.738 bits per heavy atom. The summed E-state index contributed by atoms with van der Waals surface area (Å²) in [5, 5.41) is 7.18. The van der Waals surface area contributed by atoms with Crippen LogP contribution in [-0.4, -0.2) is 30.2 Å². The van der Waals surface area contributed by atoms with Crippen molar-refractivity contribution in [3.05, 3.63) is 116 Å². The molecular formula is C34H21BN5PtS-3. The zero-order chi connectivity index (χ0) is 27.1. The molecule has 0 unspecified atom stereocenters. The van der Waals surface area contributed by atoms with Crippen LogP contribution in [0.15, 0.2) is 102 Å². The molecule has 3 aliphatic rings. The predicted molar refractivity (Wildman–Crippen MR) is 170 cm³/mol. The molecule has 204 valence electrons. The number of rotatable bonds is 2. The molecule has 0 saturated carbocycles. The Morgan fingerprint density at radius 3 is 2.12 bits per heavy atom. The van der Waals surface area contributed by atoms with Crippen molar-refractivity contribution < 1.29 is 21.1 Å². The largest absolute Gasteiger partial charge is 0.483 e. The van der Waals surface area contributed by atoms with E-state index in [1.165, 1.54) is 38.3 Å². The van der Waals surface area contributed by atoms with Crippen molar-refractivity contribution in [2.75, 3.05) is 16.8 Å². The average molecular weight is 738 g/mol. The van der Waals surface area contributed by atoms with Crippen molar-refractivity contribution in [2.24, 2.45) is 5.10 Å². The monoisotopic (exact) mass is 737 g/mol. The second-order valence-corrected chi connectivity index (χ2v) is 11.5. The third-order valence-corrected chi connectivity index (χ3v) is 9.17. The van der Waals surface area contributed by atoms with Crippen LogP contribution in [0.4, 0.5) is 17.1 Å². The van der Waals surface area contributed by atoms with Gasteiger partial charge in [0.2, 0.25) is 0 Å². The summed E-state index contributed by atoms with van der Waals surface area (Å²) in [4.78, 5) is 9.46. The van der Waals surface area contributed by atoms with Gasteiger partial charge in [0.05, 0.1) is 11.9 Å². The summed E-state index contributed by atoms with van der Waals surface area (Å²) in [5.41, 5.74) is 12.5. The van der Waals surface area contributed by atoms with Crippen molar-refractivity contribution in [3.63, 3.8) is 0 Å². The van der Waals surface area contributed by atoms with E-state index < -0.39 is 0 Å². The van der Waals surface area contributed by atoms with Gasteiger partial charge in [-0.3, -0.25) is 4.98 Å². The Labute approximate surface area is 263 Å². The van der Waals surface area contributed by atoms with Crippen molar-refractivity contribution in [1.82, 2.24) is 9.99 Å². The number of aromatic nitrogens is 1. The van der Waals surface area contributed by atoms with Gasteiger partial charge in [0, 0.05) is 42.1 Å². The number of hydrogen-bond acceptors (Lipinski definition) is 6. The Kier molecular flexibility index (Phi) is 5.89. The fraction of sp³-hybridized carbons (Fsp3) is 0.0294. The van der Waals surface area contributed by atoms with E-state index in [4.69, 9.17) is 4.98 Å². The zero-order valence-electron chi connectivity index (χ0n) is 22.4. The van der Waals surface area contributed by atoms with Crippen molar-refractivity contribution in [3.8, 4) is 32.8 Å². The molecule has 0 N–H and O–H groups in total. The van der Waals surface area contributed by atoms with Crippen LogP contribution >= 0.6 is 11.3 Å². The third kappa shape index (κ3) is 3.73. The molecule has 5 aromatic carbocycles. The number of para-hydroxylation sites is 3. The Hall–Kier alpha value is -4.19. The van der Waals surface area contributed by atoms with Crippen LogP contribution < -0.4 is 20.6 Å². The molecule has 6 aromatic rings. The van der Waals surface area contributed by atoms with Crippen LogP contribution in [0.25, 0.3) is 43.0 Å². The van der Waals surface area contributed by atoms with Crippen LogP contribution in [0, 0.1) is 18.8 Å². The molecule has 5 nitrogen and oxygen atoms in total. The minimum absolute atomic E-state index is 0. The molecule has 0 radical (unpaired) electrons. The van der Waals surface area contributed by atoms with Crippen LogP contribution in [0.2, 0.25) is 0 Å². The van der Waals surface area contributed by atoms with Gasteiger partial charge in [-0.05, 0) is 36.9 Å². The van der Waals surface area contributed by atoms with E-state index in [-0.39, 0.29) is 27.9 Å². The van der Waals surface area contributed by atoms with Crippen LogP contribution in [0.5, 0.6) is 0 Å². The molecule has 0 bridgehead atoms. The maximum absolute atomic E-state index is 4.97. The SMILES string of the molecule is CN1[CH-]N(c2[c-]c3c(cc2)-c2ccccc2N2B3c3[c-]c(-c4nc5ccccc5s4)ccc3-c3ccccc32)C=N1.[Pt]. The maximum atomic E-state index is 4.97. The fourth-order valence-corrected chi connectivity index (χ4v) is 7.25. The van der Waals surface area contributed by atoms with E-state index in [0.29, 0.717) is 0 Å². The van der Waals surface area contributed by atoms with Crippen molar-refractivity contribution in [2.45, 2.75) is 0 Å². The molecule has 0 amide bonds. The summed E-state index contributed by atoms with van der Waals surface area (Å²) in [6, 6.07) is 42.2. The molecule has 8 heteroatoms. The van der Waals surface area contributed by atoms with Gasteiger partial charge in [-0.1, -0.05) is 54.1 Å². The van der Waals surface area contributed by atoms with E-state index in [0.717, 1.165) is 32.7 Å². The number of nitrogens with zero attached hydrogens (tertiary/aromatic N) is 5. The summed E-state index contributed by atoms with van der Waals surface area (Å²) in [6.45, 7) is 1.87. The van der Waals surface area contributed by atoms with Gasteiger partial charge in [0.15, 0.2) is 0 Å². The first-order valence-electron chi connectivity index (χ1n) is 13.6. The maximum Gasteiger partial charge on any atom is 0.285 e. The van der Waals surface area contributed by atoms with Gasteiger partial charge in [-0.15, -0.1) is 58.8 Å². The average Bonchev–Trinajstić information content (AvgIpc) is 3.67.